The van der Waals surface area contributed by atoms with E-state index in [9.17, 15) is 14.7 Å². The number of amides is 1. The predicted molar refractivity (Wildman–Crippen MR) is 101 cm³/mol. The molecule has 1 saturated heterocycles. The Morgan fingerprint density at radius 3 is 2.69 bits per heavy atom. The summed E-state index contributed by atoms with van der Waals surface area (Å²) >= 11 is 1.25. The van der Waals surface area contributed by atoms with Gasteiger partial charge in [-0.25, -0.2) is 9.79 Å². The number of amidine groups is 1. The smallest absolute Gasteiger partial charge is 0.339 e. The number of aromatic nitrogens is 1. The first-order chi connectivity index (χ1) is 12.4. The van der Waals surface area contributed by atoms with Gasteiger partial charge in [0.25, 0.3) is 5.91 Å². The number of hydrogen-bond acceptors (Lipinski definition) is 5. The Morgan fingerprint density at radius 2 is 2.12 bits per heavy atom. The highest BCUT2D eigenvalue weighted by atomic mass is 32.2. The molecule has 0 aliphatic carbocycles. The van der Waals surface area contributed by atoms with Crippen LogP contribution in [0.2, 0.25) is 0 Å². The minimum absolute atomic E-state index is 0.135. The van der Waals surface area contributed by atoms with Crippen LogP contribution in [-0.2, 0) is 11.8 Å². The molecule has 134 valence electrons. The van der Waals surface area contributed by atoms with E-state index in [-0.39, 0.29) is 17.2 Å². The molecule has 0 saturated carbocycles. The fraction of sp³-hybridized carbons (Fsp3) is 0.167. The molecule has 1 fully saturated rings. The number of thioether (sulfide) groups is 1. The second-order valence-electron chi connectivity index (χ2n) is 5.61. The summed E-state index contributed by atoms with van der Waals surface area (Å²) in [5.41, 5.74) is 1.09. The molecule has 0 bridgehead atoms. The molecule has 0 atom stereocenters. The zero-order valence-corrected chi connectivity index (χ0v) is 15.0. The average Bonchev–Trinajstić information content (AvgIpc) is 3.11. The minimum atomic E-state index is -1.21. The Hall–Kier alpha value is -3.00. The fourth-order valence-corrected chi connectivity index (χ4v) is 3.56. The zero-order chi connectivity index (χ0) is 18.8. The summed E-state index contributed by atoms with van der Waals surface area (Å²) in [4.78, 5) is 30.1. The van der Waals surface area contributed by atoms with E-state index in [0.717, 1.165) is 5.69 Å². The van der Waals surface area contributed by atoms with Crippen molar-refractivity contribution in [2.75, 3.05) is 6.54 Å². The number of aromatic hydroxyl groups is 1. The average molecular weight is 371 g/mol. The molecular weight excluding hydrogens is 354 g/mol. The van der Waals surface area contributed by atoms with Gasteiger partial charge in [0.2, 0.25) is 0 Å². The lowest BCUT2D eigenvalue weighted by molar-refractivity contribution is -0.122. The largest absolute Gasteiger partial charge is 0.507 e. The third-order valence-corrected chi connectivity index (χ3v) is 4.91. The van der Waals surface area contributed by atoms with Crippen LogP contribution in [0, 0.1) is 0 Å². The number of hydrogen-bond donors (Lipinski definition) is 2. The van der Waals surface area contributed by atoms with Crippen LogP contribution in [0.1, 0.15) is 23.0 Å². The highest BCUT2D eigenvalue weighted by Crippen LogP contribution is 2.34. The van der Waals surface area contributed by atoms with Gasteiger partial charge in [-0.15, -0.1) is 0 Å². The van der Waals surface area contributed by atoms with Gasteiger partial charge in [-0.2, -0.15) is 0 Å². The van der Waals surface area contributed by atoms with Crippen molar-refractivity contribution in [3.05, 3.63) is 52.7 Å². The van der Waals surface area contributed by atoms with Gasteiger partial charge in [0, 0.05) is 31.5 Å². The van der Waals surface area contributed by atoms with Crippen molar-refractivity contribution in [2.24, 2.45) is 12.0 Å². The van der Waals surface area contributed by atoms with E-state index in [2.05, 4.69) is 4.99 Å². The number of carboxylic acid groups (broad SMARTS) is 1. The molecule has 7 nitrogen and oxygen atoms in total. The van der Waals surface area contributed by atoms with Crippen molar-refractivity contribution >= 4 is 40.6 Å². The lowest BCUT2D eigenvalue weighted by Gasteiger charge is -2.12. The molecule has 26 heavy (non-hydrogen) atoms. The van der Waals surface area contributed by atoms with E-state index in [1.807, 2.05) is 42.9 Å². The molecule has 1 aliphatic heterocycles. The summed E-state index contributed by atoms with van der Waals surface area (Å²) < 4.78 is 1.91. The van der Waals surface area contributed by atoms with Crippen LogP contribution < -0.4 is 0 Å². The SMILES string of the molecule is CCN1C(=O)/C(=C/c2cccn2C)SC1=Nc1ccc(C(=O)O)c(O)c1. The van der Waals surface area contributed by atoms with Gasteiger partial charge in [-0.05, 0) is 49.0 Å². The van der Waals surface area contributed by atoms with Crippen LogP contribution in [0.5, 0.6) is 5.75 Å². The quantitative estimate of drug-likeness (QED) is 0.806. The number of benzene rings is 1. The highest BCUT2D eigenvalue weighted by Gasteiger charge is 2.32. The number of carboxylic acids is 1. The summed E-state index contributed by atoms with van der Waals surface area (Å²) in [7, 11) is 1.90. The van der Waals surface area contributed by atoms with Crippen molar-refractivity contribution < 1.29 is 19.8 Å². The number of carbonyl (C=O) groups is 2. The maximum absolute atomic E-state index is 12.6. The lowest BCUT2D eigenvalue weighted by atomic mass is 10.2. The Balaban J connectivity index is 1.94. The predicted octanol–water partition coefficient (Wildman–Crippen LogP) is 3.05. The Kier molecular flexibility index (Phi) is 4.85. The first kappa shape index (κ1) is 17.8. The number of aromatic carboxylic acids is 1. The molecule has 1 aromatic heterocycles. The molecule has 0 spiro atoms. The summed E-state index contributed by atoms with van der Waals surface area (Å²) in [6.45, 7) is 2.30. The first-order valence-corrected chi connectivity index (χ1v) is 8.70. The monoisotopic (exact) mass is 371 g/mol. The van der Waals surface area contributed by atoms with Gasteiger partial charge < -0.3 is 14.8 Å². The number of rotatable bonds is 4. The van der Waals surface area contributed by atoms with Crippen molar-refractivity contribution in [1.82, 2.24) is 9.47 Å². The van der Waals surface area contributed by atoms with E-state index in [0.29, 0.717) is 22.3 Å². The Bertz CT molecular complexity index is 946. The molecular formula is C18H17N3O4S. The van der Waals surface area contributed by atoms with Crippen LogP contribution in [0.3, 0.4) is 0 Å². The molecule has 0 unspecified atom stereocenters. The number of phenols is 1. The standard InChI is InChI=1S/C18H17N3O4S/c1-3-21-16(23)15(10-12-5-4-8-20(12)2)26-18(21)19-11-6-7-13(17(24)25)14(22)9-11/h4-10,22H,3H2,1-2H3,(H,24,25)/b15-10-,19-18?. The second-order valence-corrected chi connectivity index (χ2v) is 6.61. The highest BCUT2D eigenvalue weighted by molar-refractivity contribution is 8.18. The Morgan fingerprint density at radius 1 is 1.35 bits per heavy atom. The topological polar surface area (TPSA) is 95.1 Å². The summed E-state index contributed by atoms with van der Waals surface area (Å²) in [6.07, 6.45) is 3.71. The van der Waals surface area contributed by atoms with Crippen molar-refractivity contribution in [3.63, 3.8) is 0 Å². The number of likely N-dealkylation sites (N-methyl/N-ethyl adjacent to an activating group) is 1. The zero-order valence-electron chi connectivity index (χ0n) is 14.2. The van der Waals surface area contributed by atoms with Crippen molar-refractivity contribution in [1.29, 1.82) is 0 Å². The first-order valence-electron chi connectivity index (χ1n) is 7.88. The molecule has 1 aromatic carbocycles. The second kappa shape index (κ2) is 7.09. The van der Waals surface area contributed by atoms with E-state index >= 15 is 0 Å². The van der Waals surface area contributed by atoms with Crippen molar-refractivity contribution in [3.8, 4) is 5.75 Å². The van der Waals surface area contributed by atoms with Crippen LogP contribution >= 0.6 is 11.8 Å². The molecule has 1 amide bonds. The summed E-state index contributed by atoms with van der Waals surface area (Å²) in [5.74, 6) is -1.71. The summed E-state index contributed by atoms with van der Waals surface area (Å²) in [6, 6.07) is 7.86. The van der Waals surface area contributed by atoms with Crippen LogP contribution in [0.15, 0.2) is 46.4 Å². The number of aryl methyl sites for hydroxylation is 1. The fourth-order valence-electron chi connectivity index (χ4n) is 2.51. The van der Waals surface area contributed by atoms with E-state index in [1.54, 1.807) is 4.90 Å². The van der Waals surface area contributed by atoms with Crippen LogP contribution in [0.25, 0.3) is 6.08 Å². The van der Waals surface area contributed by atoms with Gasteiger partial charge in [0.05, 0.1) is 10.6 Å². The van der Waals surface area contributed by atoms with Gasteiger partial charge in [-0.1, -0.05) is 0 Å². The maximum Gasteiger partial charge on any atom is 0.339 e. The number of aliphatic imine (C=N–C) groups is 1. The number of carbonyl (C=O) groups excluding carboxylic acids is 1. The maximum atomic E-state index is 12.6. The Labute approximate surface area is 154 Å². The van der Waals surface area contributed by atoms with Crippen molar-refractivity contribution in [2.45, 2.75) is 6.92 Å². The summed E-state index contributed by atoms with van der Waals surface area (Å²) in [5, 5.41) is 19.3. The third kappa shape index (κ3) is 3.36. The van der Waals surface area contributed by atoms with Gasteiger partial charge in [-0.3, -0.25) is 9.69 Å². The normalized spacial score (nSPS) is 17.5. The van der Waals surface area contributed by atoms with Gasteiger partial charge in [0.15, 0.2) is 5.17 Å². The minimum Gasteiger partial charge on any atom is -0.507 e. The lowest BCUT2D eigenvalue weighted by Crippen LogP contribution is -2.28. The molecule has 2 aromatic rings. The van der Waals surface area contributed by atoms with E-state index in [4.69, 9.17) is 5.11 Å². The molecule has 2 heterocycles. The van der Waals surface area contributed by atoms with Crippen LogP contribution in [-0.4, -0.2) is 43.3 Å². The number of nitrogens with zero attached hydrogens (tertiary/aromatic N) is 3. The molecule has 3 rings (SSSR count). The molecule has 0 radical (unpaired) electrons. The van der Waals surface area contributed by atoms with Gasteiger partial charge in [0.1, 0.15) is 11.3 Å². The molecule has 8 heteroatoms. The van der Waals surface area contributed by atoms with Gasteiger partial charge >= 0.3 is 5.97 Å². The molecule has 2 N–H and O–H groups in total. The van der Waals surface area contributed by atoms with Crippen LogP contribution in [0.4, 0.5) is 5.69 Å². The van der Waals surface area contributed by atoms with E-state index < -0.39 is 5.97 Å². The molecule has 1 aliphatic rings. The van der Waals surface area contributed by atoms with E-state index in [1.165, 1.54) is 30.0 Å². The third-order valence-electron chi connectivity index (χ3n) is 3.90.